The van der Waals surface area contributed by atoms with Gasteiger partial charge in [0.15, 0.2) is 11.6 Å². The molecule has 0 atom stereocenters. The van der Waals surface area contributed by atoms with Crippen molar-refractivity contribution in [3.05, 3.63) is 23.8 Å². The van der Waals surface area contributed by atoms with E-state index in [-0.39, 0.29) is 24.5 Å². The Morgan fingerprint density at radius 2 is 1.81 bits per heavy atom. The zero-order chi connectivity index (χ0) is 15.2. The molecule has 1 aromatic rings. The van der Waals surface area contributed by atoms with Crippen molar-refractivity contribution in [1.82, 2.24) is 5.32 Å². The number of piperidine rings is 1. The summed E-state index contributed by atoms with van der Waals surface area (Å²) in [5.74, 6) is -1.37. The Kier molecular flexibility index (Phi) is 5.32. The molecule has 7 heteroatoms. The second-order valence-electron chi connectivity index (χ2n) is 4.94. The number of anilines is 2. The molecule has 0 spiro atoms. The summed E-state index contributed by atoms with van der Waals surface area (Å²) in [6, 6.07) is 1.59. The molecule has 0 bridgehead atoms. The molecule has 1 heterocycles. The highest BCUT2D eigenvalue weighted by molar-refractivity contribution is 5.89. The van der Waals surface area contributed by atoms with Crippen LogP contribution in [0.5, 0.6) is 0 Å². The highest BCUT2D eigenvalue weighted by atomic mass is 19.1. The number of urea groups is 1. The lowest BCUT2D eigenvalue weighted by Gasteiger charge is -2.29. The van der Waals surface area contributed by atoms with E-state index in [1.807, 2.05) is 0 Å². The fraction of sp³-hybridized carbons (Fsp3) is 0.500. The highest BCUT2D eigenvalue weighted by Crippen LogP contribution is 2.29. The van der Waals surface area contributed by atoms with Gasteiger partial charge in [0.05, 0.1) is 6.61 Å². The molecule has 0 saturated carbocycles. The lowest BCUT2D eigenvalue weighted by atomic mass is 10.1. The number of benzene rings is 1. The van der Waals surface area contributed by atoms with Crippen LogP contribution in [0, 0.1) is 11.6 Å². The molecule has 116 valence electrons. The standard InChI is InChI=1S/C14H19F2N3O2/c15-11-8-10(18-14(21)17-4-7-20)9-12(16)13(11)19-5-2-1-3-6-19/h8-9,20H,1-7H2,(H2,17,18,21). The van der Waals surface area contributed by atoms with Gasteiger partial charge < -0.3 is 20.6 Å². The number of hydrogen-bond donors (Lipinski definition) is 3. The van der Waals surface area contributed by atoms with E-state index in [1.165, 1.54) is 0 Å². The minimum absolute atomic E-state index is 0.0315. The van der Waals surface area contributed by atoms with Gasteiger partial charge in [-0.2, -0.15) is 0 Å². The van der Waals surface area contributed by atoms with E-state index < -0.39 is 17.7 Å². The van der Waals surface area contributed by atoms with Crippen molar-refractivity contribution in [2.24, 2.45) is 0 Å². The SMILES string of the molecule is O=C(NCCO)Nc1cc(F)c(N2CCCCC2)c(F)c1. The number of carbonyl (C=O) groups excluding carboxylic acids is 1. The monoisotopic (exact) mass is 299 g/mol. The molecule has 1 saturated heterocycles. The van der Waals surface area contributed by atoms with E-state index in [0.29, 0.717) is 13.1 Å². The summed E-state index contributed by atoms with van der Waals surface area (Å²) in [6.45, 7) is 1.14. The van der Waals surface area contributed by atoms with Crippen LogP contribution < -0.4 is 15.5 Å². The van der Waals surface area contributed by atoms with Crippen LogP contribution in [0.25, 0.3) is 0 Å². The summed E-state index contributed by atoms with van der Waals surface area (Å²) < 4.78 is 28.2. The number of hydrogen-bond acceptors (Lipinski definition) is 3. The van der Waals surface area contributed by atoms with Crippen LogP contribution in [-0.4, -0.2) is 37.4 Å². The summed E-state index contributed by atoms with van der Waals surface area (Å²) in [4.78, 5) is 13.1. The quantitative estimate of drug-likeness (QED) is 0.797. The number of halogens is 2. The number of amides is 2. The lowest BCUT2D eigenvalue weighted by molar-refractivity contribution is 0.245. The fourth-order valence-electron chi connectivity index (χ4n) is 2.40. The number of rotatable bonds is 4. The average Bonchev–Trinajstić information content (AvgIpc) is 2.45. The van der Waals surface area contributed by atoms with Crippen molar-refractivity contribution in [2.45, 2.75) is 19.3 Å². The second kappa shape index (κ2) is 7.21. The summed E-state index contributed by atoms with van der Waals surface area (Å²) in [5.41, 5.74) is 0.0113. The van der Waals surface area contributed by atoms with E-state index in [4.69, 9.17) is 5.11 Å². The van der Waals surface area contributed by atoms with Crippen molar-refractivity contribution < 1.29 is 18.7 Å². The molecule has 1 aliphatic heterocycles. The number of nitrogens with one attached hydrogen (secondary N) is 2. The average molecular weight is 299 g/mol. The van der Waals surface area contributed by atoms with Crippen LogP contribution >= 0.6 is 0 Å². The van der Waals surface area contributed by atoms with Crippen LogP contribution in [-0.2, 0) is 0 Å². The smallest absolute Gasteiger partial charge is 0.319 e. The van der Waals surface area contributed by atoms with Gasteiger partial charge in [0.2, 0.25) is 0 Å². The molecule has 0 aromatic heterocycles. The van der Waals surface area contributed by atoms with Gasteiger partial charge >= 0.3 is 6.03 Å². The predicted molar refractivity (Wildman–Crippen MR) is 76.5 cm³/mol. The minimum atomic E-state index is -0.686. The van der Waals surface area contributed by atoms with Gasteiger partial charge in [-0.15, -0.1) is 0 Å². The molecule has 3 N–H and O–H groups in total. The third kappa shape index (κ3) is 4.04. The number of nitrogens with zero attached hydrogens (tertiary/aromatic N) is 1. The zero-order valence-corrected chi connectivity index (χ0v) is 11.7. The maximum atomic E-state index is 14.1. The fourth-order valence-corrected chi connectivity index (χ4v) is 2.40. The van der Waals surface area contributed by atoms with E-state index in [2.05, 4.69) is 10.6 Å². The Hall–Kier alpha value is -1.89. The van der Waals surface area contributed by atoms with Crippen molar-refractivity contribution in [3.8, 4) is 0 Å². The Morgan fingerprint density at radius 3 is 2.38 bits per heavy atom. The van der Waals surface area contributed by atoms with Gasteiger partial charge in [0.25, 0.3) is 0 Å². The molecular formula is C14H19F2N3O2. The topological polar surface area (TPSA) is 64.6 Å². The molecule has 0 radical (unpaired) electrons. The van der Waals surface area contributed by atoms with Crippen LogP contribution in [0.1, 0.15) is 19.3 Å². The second-order valence-corrected chi connectivity index (χ2v) is 4.94. The first-order chi connectivity index (χ1) is 10.1. The summed E-state index contributed by atoms with van der Waals surface area (Å²) >= 11 is 0. The maximum Gasteiger partial charge on any atom is 0.319 e. The molecule has 0 aliphatic carbocycles. The van der Waals surface area contributed by atoms with Crippen molar-refractivity contribution in [3.63, 3.8) is 0 Å². The minimum Gasteiger partial charge on any atom is -0.395 e. The van der Waals surface area contributed by atoms with Crippen LogP contribution in [0.4, 0.5) is 25.0 Å². The van der Waals surface area contributed by atoms with Gasteiger partial charge in [0.1, 0.15) is 5.69 Å². The van der Waals surface area contributed by atoms with Crippen molar-refractivity contribution >= 4 is 17.4 Å². The Bertz CT molecular complexity index is 482. The van der Waals surface area contributed by atoms with Gasteiger partial charge in [-0.1, -0.05) is 0 Å². The molecule has 21 heavy (non-hydrogen) atoms. The zero-order valence-electron chi connectivity index (χ0n) is 11.7. The predicted octanol–water partition coefficient (Wildman–Crippen LogP) is 2.07. The molecule has 2 rings (SSSR count). The molecular weight excluding hydrogens is 280 g/mol. The van der Waals surface area contributed by atoms with E-state index in [9.17, 15) is 13.6 Å². The van der Waals surface area contributed by atoms with Gasteiger partial charge in [-0.05, 0) is 31.4 Å². The van der Waals surface area contributed by atoms with Crippen LogP contribution in [0.3, 0.4) is 0 Å². The lowest BCUT2D eigenvalue weighted by Crippen LogP contribution is -2.32. The van der Waals surface area contributed by atoms with E-state index >= 15 is 0 Å². The molecule has 5 nitrogen and oxygen atoms in total. The van der Waals surface area contributed by atoms with Crippen molar-refractivity contribution in [2.75, 3.05) is 36.5 Å². The Labute approximate surface area is 121 Å². The van der Waals surface area contributed by atoms with Crippen LogP contribution in [0.15, 0.2) is 12.1 Å². The number of aliphatic hydroxyl groups excluding tert-OH is 1. The van der Waals surface area contributed by atoms with Crippen molar-refractivity contribution in [1.29, 1.82) is 0 Å². The number of carbonyl (C=O) groups is 1. The normalized spacial score (nSPS) is 14.9. The molecule has 1 aromatic carbocycles. The summed E-state index contributed by atoms with van der Waals surface area (Å²) in [5, 5.41) is 13.3. The van der Waals surface area contributed by atoms with E-state index in [0.717, 1.165) is 31.4 Å². The third-order valence-electron chi connectivity index (χ3n) is 3.34. The Balaban J connectivity index is 2.11. The van der Waals surface area contributed by atoms with E-state index in [1.54, 1.807) is 4.90 Å². The van der Waals surface area contributed by atoms with Gasteiger partial charge in [-0.25, -0.2) is 13.6 Å². The Morgan fingerprint density at radius 1 is 1.19 bits per heavy atom. The van der Waals surface area contributed by atoms with Crippen LogP contribution in [0.2, 0.25) is 0 Å². The summed E-state index contributed by atoms with van der Waals surface area (Å²) in [6.07, 6.45) is 2.91. The first kappa shape index (κ1) is 15.5. The first-order valence-corrected chi connectivity index (χ1v) is 7.01. The first-order valence-electron chi connectivity index (χ1n) is 7.01. The molecule has 0 unspecified atom stereocenters. The molecule has 1 fully saturated rings. The third-order valence-corrected chi connectivity index (χ3v) is 3.34. The largest absolute Gasteiger partial charge is 0.395 e. The van der Waals surface area contributed by atoms with Gasteiger partial charge in [0, 0.05) is 25.3 Å². The maximum absolute atomic E-state index is 14.1. The highest BCUT2D eigenvalue weighted by Gasteiger charge is 2.20. The number of aliphatic hydroxyl groups is 1. The summed E-state index contributed by atoms with van der Waals surface area (Å²) in [7, 11) is 0. The van der Waals surface area contributed by atoms with Gasteiger partial charge in [-0.3, -0.25) is 0 Å². The molecule has 2 amide bonds. The molecule has 1 aliphatic rings.